The Morgan fingerprint density at radius 3 is 2.94 bits per heavy atom. The molecule has 0 amide bonds. The minimum atomic E-state index is -0.516. The summed E-state index contributed by atoms with van der Waals surface area (Å²) in [7, 11) is 0. The van der Waals surface area contributed by atoms with Crippen LogP contribution in [0.1, 0.15) is 19.0 Å². The van der Waals surface area contributed by atoms with E-state index >= 15 is 0 Å². The van der Waals surface area contributed by atoms with Gasteiger partial charge in [-0.15, -0.1) is 0 Å². The van der Waals surface area contributed by atoms with E-state index in [0.29, 0.717) is 11.1 Å². The third-order valence-corrected chi connectivity index (χ3v) is 2.42. The maximum absolute atomic E-state index is 11.1. The number of halogens is 1. The van der Waals surface area contributed by atoms with Gasteiger partial charge in [-0.05, 0) is 22.9 Å². The van der Waals surface area contributed by atoms with Gasteiger partial charge >= 0.3 is 5.97 Å². The second-order valence-corrected chi connectivity index (χ2v) is 4.10. The number of hydrogen-bond acceptors (Lipinski definition) is 5. The van der Waals surface area contributed by atoms with Crippen LogP contribution in [-0.4, -0.2) is 22.5 Å². The molecule has 0 unspecified atom stereocenters. The zero-order chi connectivity index (χ0) is 12.8. The number of esters is 1. The lowest BCUT2D eigenvalue weighted by Crippen LogP contribution is -2.07. The molecule has 0 aliphatic carbocycles. The summed E-state index contributed by atoms with van der Waals surface area (Å²) in [5, 5.41) is 10.8. The molecule has 1 aromatic heterocycles. The Hall–Kier alpha value is -1.50. The third-order valence-electron chi connectivity index (χ3n) is 1.98. The molecule has 0 aliphatic heterocycles. The molecule has 7 heteroatoms. The van der Waals surface area contributed by atoms with Gasteiger partial charge in [0.2, 0.25) is 0 Å². The number of pyridine rings is 1. The fourth-order valence-electron chi connectivity index (χ4n) is 1.26. The molecule has 0 N–H and O–H groups in total. The maximum atomic E-state index is 11.1. The fourth-order valence-corrected chi connectivity index (χ4v) is 1.58. The van der Waals surface area contributed by atoms with E-state index in [1.54, 1.807) is 6.92 Å². The van der Waals surface area contributed by atoms with Crippen LogP contribution in [0.15, 0.2) is 16.7 Å². The summed E-state index contributed by atoms with van der Waals surface area (Å²) in [5.74, 6) is -0.383. The summed E-state index contributed by atoms with van der Waals surface area (Å²) in [4.78, 5) is 25.3. The van der Waals surface area contributed by atoms with Crippen LogP contribution in [0.25, 0.3) is 0 Å². The number of carbonyl (C=O) groups is 1. The molecule has 1 aromatic rings. The van der Waals surface area contributed by atoms with Gasteiger partial charge in [0.15, 0.2) is 0 Å². The fraction of sp³-hybridized carbons (Fsp3) is 0.400. The van der Waals surface area contributed by atoms with Crippen molar-refractivity contribution in [3.05, 3.63) is 32.5 Å². The standard InChI is InChI=1S/C10H11BrN2O4/c1-2-17-10(14)4-3-8-9(13(15)16)5-7(11)6-12-8/h5-6H,2-4H2,1H3. The molecule has 0 bridgehead atoms. The Morgan fingerprint density at radius 2 is 2.35 bits per heavy atom. The van der Waals surface area contributed by atoms with Crippen molar-refractivity contribution in [2.24, 2.45) is 0 Å². The predicted molar refractivity (Wildman–Crippen MR) is 63.5 cm³/mol. The highest BCUT2D eigenvalue weighted by molar-refractivity contribution is 9.10. The Morgan fingerprint density at radius 1 is 1.65 bits per heavy atom. The van der Waals surface area contributed by atoms with Crippen molar-refractivity contribution in [1.29, 1.82) is 0 Å². The molecule has 0 radical (unpaired) electrons. The molecule has 0 saturated heterocycles. The normalized spacial score (nSPS) is 10.0. The number of nitro groups is 1. The number of nitrogens with zero attached hydrogens (tertiary/aromatic N) is 2. The Balaban J connectivity index is 2.77. The highest BCUT2D eigenvalue weighted by atomic mass is 79.9. The van der Waals surface area contributed by atoms with Gasteiger partial charge in [0.05, 0.1) is 18.0 Å². The van der Waals surface area contributed by atoms with Crippen LogP contribution in [0.2, 0.25) is 0 Å². The number of carbonyl (C=O) groups excluding carboxylic acids is 1. The van der Waals surface area contributed by atoms with E-state index in [-0.39, 0.29) is 30.2 Å². The van der Waals surface area contributed by atoms with Crippen molar-refractivity contribution < 1.29 is 14.5 Å². The van der Waals surface area contributed by atoms with Crippen molar-refractivity contribution >= 4 is 27.6 Å². The molecule has 1 rings (SSSR count). The minimum absolute atomic E-state index is 0.0866. The van der Waals surface area contributed by atoms with Crippen LogP contribution in [0.4, 0.5) is 5.69 Å². The lowest BCUT2D eigenvalue weighted by atomic mass is 10.2. The van der Waals surface area contributed by atoms with Crippen molar-refractivity contribution in [2.45, 2.75) is 19.8 Å². The minimum Gasteiger partial charge on any atom is -0.466 e. The third kappa shape index (κ3) is 4.10. The largest absolute Gasteiger partial charge is 0.466 e. The van der Waals surface area contributed by atoms with Gasteiger partial charge in [-0.1, -0.05) is 0 Å². The van der Waals surface area contributed by atoms with Gasteiger partial charge < -0.3 is 4.74 Å². The molecular formula is C10H11BrN2O4. The Bertz CT molecular complexity index is 436. The lowest BCUT2D eigenvalue weighted by Gasteiger charge is -2.03. The second kappa shape index (κ2) is 6.29. The van der Waals surface area contributed by atoms with Crippen LogP contribution in [-0.2, 0) is 16.0 Å². The zero-order valence-corrected chi connectivity index (χ0v) is 10.8. The van der Waals surface area contributed by atoms with Gasteiger partial charge in [0.25, 0.3) is 5.69 Å². The van der Waals surface area contributed by atoms with Gasteiger partial charge in [-0.2, -0.15) is 0 Å². The van der Waals surface area contributed by atoms with Gasteiger partial charge in [-0.3, -0.25) is 19.9 Å². The first-order chi connectivity index (χ1) is 8.04. The summed E-state index contributed by atoms with van der Waals surface area (Å²) in [6, 6.07) is 1.37. The number of aryl methyl sites for hydroxylation is 1. The molecule has 92 valence electrons. The van der Waals surface area contributed by atoms with Gasteiger partial charge in [-0.25, -0.2) is 0 Å². The van der Waals surface area contributed by atoms with Crippen LogP contribution >= 0.6 is 15.9 Å². The zero-order valence-electron chi connectivity index (χ0n) is 9.18. The molecule has 0 saturated carbocycles. The molecular weight excluding hydrogens is 292 g/mol. The quantitative estimate of drug-likeness (QED) is 0.473. The van der Waals surface area contributed by atoms with Crippen LogP contribution < -0.4 is 0 Å². The van der Waals surface area contributed by atoms with Crippen molar-refractivity contribution in [2.75, 3.05) is 6.61 Å². The monoisotopic (exact) mass is 302 g/mol. The average molecular weight is 303 g/mol. The van der Waals surface area contributed by atoms with E-state index in [1.165, 1.54) is 12.3 Å². The molecule has 17 heavy (non-hydrogen) atoms. The Labute approximate surface area is 106 Å². The highest BCUT2D eigenvalue weighted by Gasteiger charge is 2.16. The number of hydrogen-bond donors (Lipinski definition) is 0. The topological polar surface area (TPSA) is 82.3 Å². The first-order valence-corrected chi connectivity index (χ1v) is 5.78. The van der Waals surface area contributed by atoms with E-state index in [4.69, 9.17) is 4.74 Å². The van der Waals surface area contributed by atoms with Crippen molar-refractivity contribution in [3.63, 3.8) is 0 Å². The summed E-state index contributed by atoms with van der Waals surface area (Å²) in [6.45, 7) is 2.01. The van der Waals surface area contributed by atoms with E-state index in [1.807, 2.05) is 0 Å². The number of rotatable bonds is 5. The molecule has 0 aliphatic rings. The summed E-state index contributed by atoms with van der Waals surface area (Å²) in [6.07, 6.45) is 1.75. The molecule has 0 fully saturated rings. The first-order valence-electron chi connectivity index (χ1n) is 4.99. The first kappa shape index (κ1) is 13.6. The number of ether oxygens (including phenoxy) is 1. The van der Waals surface area contributed by atoms with Crippen molar-refractivity contribution in [3.8, 4) is 0 Å². The molecule has 0 spiro atoms. The second-order valence-electron chi connectivity index (χ2n) is 3.18. The smallest absolute Gasteiger partial charge is 0.306 e. The molecule has 6 nitrogen and oxygen atoms in total. The highest BCUT2D eigenvalue weighted by Crippen LogP contribution is 2.22. The average Bonchev–Trinajstić information content (AvgIpc) is 2.27. The van der Waals surface area contributed by atoms with E-state index in [9.17, 15) is 14.9 Å². The van der Waals surface area contributed by atoms with Gasteiger partial charge in [0, 0.05) is 23.2 Å². The van der Waals surface area contributed by atoms with Crippen LogP contribution in [0.3, 0.4) is 0 Å². The summed E-state index contributed by atoms with van der Waals surface area (Å²) in [5.41, 5.74) is 0.190. The van der Waals surface area contributed by atoms with E-state index in [0.717, 1.165) is 0 Å². The molecule has 1 heterocycles. The van der Waals surface area contributed by atoms with E-state index in [2.05, 4.69) is 20.9 Å². The number of aromatic nitrogens is 1. The van der Waals surface area contributed by atoms with E-state index < -0.39 is 4.92 Å². The maximum Gasteiger partial charge on any atom is 0.306 e. The van der Waals surface area contributed by atoms with Gasteiger partial charge in [0.1, 0.15) is 5.69 Å². The molecule has 0 aromatic carbocycles. The molecule has 0 atom stereocenters. The Kier molecular flexibility index (Phi) is 5.02. The summed E-state index contributed by atoms with van der Waals surface area (Å²) < 4.78 is 5.27. The van der Waals surface area contributed by atoms with Crippen LogP contribution in [0, 0.1) is 10.1 Å². The SMILES string of the molecule is CCOC(=O)CCc1ncc(Br)cc1[N+](=O)[O-]. The lowest BCUT2D eigenvalue weighted by molar-refractivity contribution is -0.386. The predicted octanol–water partition coefficient (Wildman–Crippen LogP) is 2.25. The van der Waals surface area contributed by atoms with Crippen LogP contribution in [0.5, 0.6) is 0 Å². The summed E-state index contributed by atoms with van der Waals surface area (Å²) >= 11 is 3.11. The van der Waals surface area contributed by atoms with Crippen molar-refractivity contribution in [1.82, 2.24) is 4.98 Å².